The van der Waals surface area contributed by atoms with Gasteiger partial charge in [-0.1, -0.05) is 20.8 Å². The standard InChI is InChI=1S/C19H29N3O3/c1-4-10-21(11-5-2)19(23)16-6-7-17(18(14-16)22(24)25)20-12-8-15(3)9-13-20/h6-7,14-15H,4-5,8-13H2,1-3H3. The minimum absolute atomic E-state index is 0.0355. The Morgan fingerprint density at radius 2 is 1.84 bits per heavy atom. The van der Waals surface area contributed by atoms with Crippen molar-refractivity contribution in [2.24, 2.45) is 5.92 Å². The van der Waals surface area contributed by atoms with E-state index in [1.807, 2.05) is 13.8 Å². The summed E-state index contributed by atoms with van der Waals surface area (Å²) in [5.74, 6) is 0.540. The third kappa shape index (κ3) is 4.71. The Labute approximate surface area is 150 Å². The average Bonchev–Trinajstić information content (AvgIpc) is 2.61. The van der Waals surface area contributed by atoms with Gasteiger partial charge in [0, 0.05) is 37.8 Å². The van der Waals surface area contributed by atoms with Crippen molar-refractivity contribution in [1.82, 2.24) is 4.90 Å². The smallest absolute Gasteiger partial charge is 0.293 e. The second kappa shape index (κ2) is 8.83. The highest BCUT2D eigenvalue weighted by atomic mass is 16.6. The van der Waals surface area contributed by atoms with E-state index in [0.717, 1.165) is 38.8 Å². The second-order valence-corrected chi connectivity index (χ2v) is 6.92. The monoisotopic (exact) mass is 347 g/mol. The van der Waals surface area contributed by atoms with E-state index in [1.165, 1.54) is 6.07 Å². The fourth-order valence-corrected chi connectivity index (χ4v) is 3.36. The van der Waals surface area contributed by atoms with Gasteiger partial charge in [0.25, 0.3) is 11.6 Å². The fourth-order valence-electron chi connectivity index (χ4n) is 3.36. The number of nitrogens with zero attached hydrogens (tertiary/aromatic N) is 3. The van der Waals surface area contributed by atoms with Crippen molar-refractivity contribution in [3.05, 3.63) is 33.9 Å². The molecule has 0 aliphatic carbocycles. The zero-order valence-corrected chi connectivity index (χ0v) is 15.5. The minimum Gasteiger partial charge on any atom is -0.366 e. The maximum absolute atomic E-state index is 12.7. The van der Waals surface area contributed by atoms with Crippen molar-refractivity contribution >= 4 is 17.3 Å². The van der Waals surface area contributed by atoms with Gasteiger partial charge in [-0.05, 0) is 43.7 Å². The van der Waals surface area contributed by atoms with E-state index in [2.05, 4.69) is 11.8 Å². The maximum Gasteiger partial charge on any atom is 0.293 e. The van der Waals surface area contributed by atoms with E-state index in [9.17, 15) is 14.9 Å². The number of rotatable bonds is 7. The van der Waals surface area contributed by atoms with Crippen LogP contribution in [0, 0.1) is 16.0 Å². The molecule has 1 aliphatic rings. The molecule has 1 aliphatic heterocycles. The van der Waals surface area contributed by atoms with Crippen molar-refractivity contribution in [2.45, 2.75) is 46.5 Å². The first-order valence-corrected chi connectivity index (χ1v) is 9.30. The van der Waals surface area contributed by atoms with Gasteiger partial charge in [0.1, 0.15) is 5.69 Å². The molecule has 0 aromatic heterocycles. The van der Waals surface area contributed by atoms with Crippen LogP contribution in [0.4, 0.5) is 11.4 Å². The van der Waals surface area contributed by atoms with Gasteiger partial charge >= 0.3 is 0 Å². The molecule has 0 unspecified atom stereocenters. The Kier molecular flexibility index (Phi) is 6.79. The van der Waals surface area contributed by atoms with Crippen LogP contribution in [0.2, 0.25) is 0 Å². The summed E-state index contributed by atoms with van der Waals surface area (Å²) >= 11 is 0. The van der Waals surface area contributed by atoms with Gasteiger partial charge in [0.2, 0.25) is 0 Å². The van der Waals surface area contributed by atoms with Crippen molar-refractivity contribution in [2.75, 3.05) is 31.1 Å². The molecule has 0 atom stereocenters. The molecule has 138 valence electrons. The van der Waals surface area contributed by atoms with E-state index in [4.69, 9.17) is 0 Å². The molecule has 1 aromatic rings. The highest BCUT2D eigenvalue weighted by Crippen LogP contribution is 2.32. The number of amides is 1. The van der Waals surface area contributed by atoms with Gasteiger partial charge in [0.05, 0.1) is 4.92 Å². The number of nitro benzene ring substituents is 1. The van der Waals surface area contributed by atoms with Crippen molar-refractivity contribution in [3.8, 4) is 0 Å². The highest BCUT2D eigenvalue weighted by molar-refractivity contribution is 5.95. The topological polar surface area (TPSA) is 66.7 Å². The lowest BCUT2D eigenvalue weighted by Gasteiger charge is -2.32. The largest absolute Gasteiger partial charge is 0.366 e. The summed E-state index contributed by atoms with van der Waals surface area (Å²) in [5.41, 5.74) is 1.07. The van der Waals surface area contributed by atoms with E-state index >= 15 is 0 Å². The molecule has 1 amide bonds. The average molecular weight is 347 g/mol. The Balaban J connectivity index is 2.28. The summed E-state index contributed by atoms with van der Waals surface area (Å²) in [5, 5.41) is 11.6. The van der Waals surface area contributed by atoms with Crippen LogP contribution in [-0.4, -0.2) is 41.9 Å². The molecule has 6 nitrogen and oxygen atoms in total. The summed E-state index contributed by atoms with van der Waals surface area (Å²) in [6.07, 6.45) is 3.83. The van der Waals surface area contributed by atoms with Gasteiger partial charge in [-0.3, -0.25) is 14.9 Å². The number of carbonyl (C=O) groups excluding carboxylic acids is 1. The van der Waals surface area contributed by atoms with Gasteiger partial charge in [0.15, 0.2) is 0 Å². The van der Waals surface area contributed by atoms with E-state index in [1.54, 1.807) is 17.0 Å². The number of carbonyl (C=O) groups is 1. The molecule has 1 aromatic carbocycles. The van der Waals surface area contributed by atoms with E-state index < -0.39 is 0 Å². The SMILES string of the molecule is CCCN(CCC)C(=O)c1ccc(N2CCC(C)CC2)c([N+](=O)[O-])c1. The minimum atomic E-state index is -0.367. The molecule has 0 radical (unpaired) electrons. The zero-order valence-electron chi connectivity index (χ0n) is 15.5. The lowest BCUT2D eigenvalue weighted by Crippen LogP contribution is -2.34. The quantitative estimate of drug-likeness (QED) is 0.550. The predicted octanol–water partition coefficient (Wildman–Crippen LogP) is 4.09. The Bertz CT molecular complexity index is 604. The molecule has 0 saturated carbocycles. The number of piperidine rings is 1. The Morgan fingerprint density at radius 1 is 1.24 bits per heavy atom. The highest BCUT2D eigenvalue weighted by Gasteiger charge is 2.25. The number of anilines is 1. The molecule has 2 rings (SSSR count). The van der Waals surface area contributed by atoms with Gasteiger partial charge in [-0.15, -0.1) is 0 Å². The third-order valence-corrected chi connectivity index (χ3v) is 4.82. The van der Waals surface area contributed by atoms with Crippen LogP contribution in [0.5, 0.6) is 0 Å². The summed E-state index contributed by atoms with van der Waals surface area (Å²) < 4.78 is 0. The van der Waals surface area contributed by atoms with Gasteiger partial charge in [-0.25, -0.2) is 0 Å². The number of hydrogen-bond donors (Lipinski definition) is 0. The predicted molar refractivity (Wildman–Crippen MR) is 100 cm³/mol. The molecule has 1 heterocycles. The number of benzene rings is 1. The first kappa shape index (κ1) is 19.2. The Hall–Kier alpha value is -2.11. The van der Waals surface area contributed by atoms with Gasteiger partial charge in [-0.2, -0.15) is 0 Å². The molecular weight excluding hydrogens is 318 g/mol. The second-order valence-electron chi connectivity index (χ2n) is 6.92. The molecular formula is C19H29N3O3. The normalized spacial score (nSPS) is 15.2. The lowest BCUT2D eigenvalue weighted by molar-refractivity contribution is -0.384. The van der Waals surface area contributed by atoms with Crippen LogP contribution in [-0.2, 0) is 0 Å². The molecule has 6 heteroatoms. The third-order valence-electron chi connectivity index (χ3n) is 4.82. The zero-order chi connectivity index (χ0) is 18.4. The van der Waals surface area contributed by atoms with Crippen LogP contribution in [0.1, 0.15) is 56.8 Å². The number of hydrogen-bond acceptors (Lipinski definition) is 4. The molecule has 0 spiro atoms. The van der Waals surface area contributed by atoms with Crippen LogP contribution in [0.3, 0.4) is 0 Å². The molecule has 25 heavy (non-hydrogen) atoms. The summed E-state index contributed by atoms with van der Waals surface area (Å²) in [7, 11) is 0. The van der Waals surface area contributed by atoms with Crippen molar-refractivity contribution in [3.63, 3.8) is 0 Å². The van der Waals surface area contributed by atoms with Crippen LogP contribution in [0.25, 0.3) is 0 Å². The summed E-state index contributed by atoms with van der Waals surface area (Å²) in [6.45, 7) is 9.26. The van der Waals surface area contributed by atoms with Crippen LogP contribution < -0.4 is 4.90 Å². The Morgan fingerprint density at radius 3 is 2.36 bits per heavy atom. The lowest BCUT2D eigenvalue weighted by atomic mass is 9.98. The van der Waals surface area contributed by atoms with Crippen molar-refractivity contribution in [1.29, 1.82) is 0 Å². The molecule has 1 saturated heterocycles. The van der Waals surface area contributed by atoms with Crippen molar-refractivity contribution < 1.29 is 9.72 Å². The van der Waals surface area contributed by atoms with Crippen LogP contribution >= 0.6 is 0 Å². The first-order chi connectivity index (χ1) is 12.0. The maximum atomic E-state index is 12.7. The summed E-state index contributed by atoms with van der Waals surface area (Å²) in [6, 6.07) is 4.94. The van der Waals surface area contributed by atoms with E-state index in [0.29, 0.717) is 30.3 Å². The summed E-state index contributed by atoms with van der Waals surface area (Å²) in [4.78, 5) is 27.8. The van der Waals surface area contributed by atoms with Gasteiger partial charge < -0.3 is 9.80 Å². The molecule has 0 bridgehead atoms. The first-order valence-electron chi connectivity index (χ1n) is 9.30. The van der Waals surface area contributed by atoms with Crippen LogP contribution in [0.15, 0.2) is 18.2 Å². The molecule has 1 fully saturated rings. The molecule has 0 N–H and O–H groups in total. The van der Waals surface area contributed by atoms with E-state index in [-0.39, 0.29) is 16.5 Å². The number of nitro groups is 1. The fraction of sp³-hybridized carbons (Fsp3) is 0.632.